The van der Waals surface area contributed by atoms with Gasteiger partial charge in [0.25, 0.3) is 0 Å². The molecular formula is C7H17O+. The number of rotatable bonds is 1. The van der Waals surface area contributed by atoms with Crippen LogP contribution < -0.4 is 0 Å². The van der Waals surface area contributed by atoms with Gasteiger partial charge in [0.05, 0.1) is 12.7 Å². The quantitative estimate of drug-likeness (QED) is 0.480. The predicted molar refractivity (Wildman–Crippen MR) is 37.1 cm³/mol. The summed E-state index contributed by atoms with van der Waals surface area (Å²) in [4.78, 5) is 0. The second kappa shape index (κ2) is 5.10. The molecule has 0 spiro atoms. The van der Waals surface area contributed by atoms with Crippen molar-refractivity contribution in [3.05, 3.63) is 0 Å². The van der Waals surface area contributed by atoms with Crippen molar-refractivity contribution in [2.45, 2.75) is 39.7 Å². The van der Waals surface area contributed by atoms with Crippen LogP contribution in [0.1, 0.15) is 35.0 Å². The normalized spacial score (nSPS) is 23.6. The number of hydrogen-bond donors (Lipinski definition) is 0. The van der Waals surface area contributed by atoms with Crippen LogP contribution in [-0.2, 0) is 4.74 Å². The third-order valence-electron chi connectivity index (χ3n) is 0.858. The van der Waals surface area contributed by atoms with Crippen molar-refractivity contribution in [2.75, 3.05) is 6.61 Å². The molecule has 0 aromatic rings. The molecule has 8 heavy (non-hydrogen) atoms. The van der Waals surface area contributed by atoms with Crippen molar-refractivity contribution in [2.24, 2.45) is 0 Å². The molecule has 1 unspecified atom stereocenters. The highest BCUT2D eigenvalue weighted by molar-refractivity contribution is 4.64. The van der Waals surface area contributed by atoms with E-state index in [4.69, 9.17) is 4.74 Å². The molecule has 1 aliphatic rings. The second-order valence-corrected chi connectivity index (χ2v) is 2.07. The molecule has 0 aromatic heterocycles. The van der Waals surface area contributed by atoms with Crippen molar-refractivity contribution >= 4 is 0 Å². The summed E-state index contributed by atoms with van der Waals surface area (Å²) in [6.07, 6.45) is 3.08. The van der Waals surface area contributed by atoms with E-state index in [2.05, 4.69) is 20.8 Å². The number of hydrogen-bond acceptors (Lipinski definition) is 1. The van der Waals surface area contributed by atoms with Gasteiger partial charge in [-0.1, -0.05) is 27.2 Å². The molecule has 0 aromatic carbocycles. The van der Waals surface area contributed by atoms with E-state index in [1.807, 2.05) is 0 Å². The van der Waals surface area contributed by atoms with Crippen LogP contribution in [0.5, 0.6) is 0 Å². The van der Waals surface area contributed by atoms with Gasteiger partial charge in [-0.15, -0.1) is 0 Å². The highest BCUT2D eigenvalue weighted by atomic mass is 16.6. The van der Waals surface area contributed by atoms with Gasteiger partial charge >= 0.3 is 1.43 Å². The molecule has 1 atom stereocenters. The van der Waals surface area contributed by atoms with Gasteiger partial charge in [-0.25, -0.2) is 0 Å². The summed E-state index contributed by atoms with van der Waals surface area (Å²) >= 11 is 0. The number of epoxide rings is 1. The lowest BCUT2D eigenvalue weighted by Crippen LogP contribution is -1.73. The predicted octanol–water partition coefficient (Wildman–Crippen LogP) is 2.32. The lowest BCUT2D eigenvalue weighted by Gasteiger charge is -1.69. The van der Waals surface area contributed by atoms with Gasteiger partial charge in [0.15, 0.2) is 0 Å². The molecule has 1 aliphatic heterocycles. The molecule has 0 saturated carbocycles. The van der Waals surface area contributed by atoms with Gasteiger partial charge in [0, 0.05) is 0 Å². The Bertz CT molecular complexity index is 44.2. The Kier molecular flexibility index (Phi) is 5.08. The minimum atomic E-state index is 0. The Labute approximate surface area is 53.5 Å². The van der Waals surface area contributed by atoms with Gasteiger partial charge < -0.3 is 4.74 Å². The minimum absolute atomic E-state index is 0. The molecule has 0 amide bonds. The summed E-state index contributed by atoms with van der Waals surface area (Å²) in [6, 6.07) is 0. The monoisotopic (exact) mass is 117 g/mol. The average molecular weight is 117 g/mol. The average Bonchev–Trinajstić information content (AvgIpc) is 2.48. The highest BCUT2D eigenvalue weighted by Gasteiger charge is 2.18. The summed E-state index contributed by atoms with van der Waals surface area (Å²) < 4.78 is 4.86. The van der Waals surface area contributed by atoms with Crippen molar-refractivity contribution in [3.63, 3.8) is 0 Å². The molecule has 1 heterocycles. The first-order chi connectivity index (χ1) is 3.85. The SMILES string of the molecule is CCC.CCC1CO1.[H+]. The van der Waals surface area contributed by atoms with E-state index in [1.165, 1.54) is 12.8 Å². The summed E-state index contributed by atoms with van der Waals surface area (Å²) in [5.74, 6) is 0. The molecule has 50 valence electrons. The van der Waals surface area contributed by atoms with E-state index in [9.17, 15) is 0 Å². The van der Waals surface area contributed by atoms with Gasteiger partial charge in [-0.05, 0) is 6.42 Å². The third-order valence-corrected chi connectivity index (χ3v) is 0.858. The second-order valence-electron chi connectivity index (χ2n) is 2.07. The van der Waals surface area contributed by atoms with Crippen LogP contribution in [0.15, 0.2) is 0 Å². The number of ether oxygens (including phenoxy) is 1. The van der Waals surface area contributed by atoms with Crippen LogP contribution in [0.2, 0.25) is 0 Å². The van der Waals surface area contributed by atoms with Crippen molar-refractivity contribution in [3.8, 4) is 0 Å². The summed E-state index contributed by atoms with van der Waals surface area (Å²) in [7, 11) is 0. The summed E-state index contributed by atoms with van der Waals surface area (Å²) in [5, 5.41) is 0. The Morgan fingerprint density at radius 3 is 1.88 bits per heavy atom. The van der Waals surface area contributed by atoms with E-state index >= 15 is 0 Å². The smallest absolute Gasteiger partial charge is 0.373 e. The first-order valence-corrected chi connectivity index (χ1v) is 3.46. The van der Waals surface area contributed by atoms with Crippen LogP contribution in [0.4, 0.5) is 0 Å². The Balaban J connectivity index is 0. The van der Waals surface area contributed by atoms with Crippen molar-refractivity contribution in [1.82, 2.24) is 0 Å². The van der Waals surface area contributed by atoms with Gasteiger partial charge in [0.2, 0.25) is 0 Å². The molecule has 1 nitrogen and oxygen atoms in total. The van der Waals surface area contributed by atoms with Crippen molar-refractivity contribution in [1.29, 1.82) is 0 Å². The molecule has 0 bridgehead atoms. The molecular weight excluding hydrogens is 100 g/mol. The molecule has 0 aliphatic carbocycles. The van der Waals surface area contributed by atoms with Crippen LogP contribution >= 0.6 is 0 Å². The molecule has 1 heteroatoms. The third kappa shape index (κ3) is 5.96. The Hall–Kier alpha value is -0.0400. The lowest BCUT2D eigenvalue weighted by atomic mass is 10.4. The first kappa shape index (κ1) is 7.96. The zero-order chi connectivity index (χ0) is 6.41. The maximum Gasteiger partial charge on any atom is 1.00 e. The molecule has 0 N–H and O–H groups in total. The Morgan fingerprint density at radius 2 is 1.88 bits per heavy atom. The fourth-order valence-electron chi connectivity index (χ4n) is 0.304. The fraction of sp³-hybridized carbons (Fsp3) is 1.00. The highest BCUT2D eigenvalue weighted by Crippen LogP contribution is 2.10. The van der Waals surface area contributed by atoms with Crippen LogP contribution in [0, 0.1) is 0 Å². The van der Waals surface area contributed by atoms with Crippen molar-refractivity contribution < 1.29 is 6.16 Å². The molecule has 1 fully saturated rings. The maximum atomic E-state index is 4.86. The topological polar surface area (TPSA) is 12.5 Å². The van der Waals surface area contributed by atoms with Gasteiger partial charge in [-0.2, -0.15) is 0 Å². The summed E-state index contributed by atoms with van der Waals surface area (Å²) in [5.41, 5.74) is 0. The van der Waals surface area contributed by atoms with Crippen LogP contribution in [-0.4, -0.2) is 12.7 Å². The molecule has 1 saturated heterocycles. The first-order valence-electron chi connectivity index (χ1n) is 3.46. The van der Waals surface area contributed by atoms with E-state index in [0.717, 1.165) is 6.61 Å². The summed E-state index contributed by atoms with van der Waals surface area (Å²) in [6.45, 7) is 7.40. The van der Waals surface area contributed by atoms with E-state index in [0.29, 0.717) is 6.10 Å². The standard InChI is InChI=1S/C4H8O.C3H8/c1-2-4-3-5-4;1-3-2/h4H,2-3H2,1H3;3H2,1-2H3/p+1. The van der Waals surface area contributed by atoms with E-state index < -0.39 is 0 Å². The van der Waals surface area contributed by atoms with Gasteiger partial charge in [0.1, 0.15) is 0 Å². The lowest BCUT2D eigenvalue weighted by molar-refractivity contribution is 0.403. The minimum Gasteiger partial charge on any atom is -0.373 e. The van der Waals surface area contributed by atoms with Gasteiger partial charge in [-0.3, -0.25) is 0 Å². The Morgan fingerprint density at radius 1 is 1.50 bits per heavy atom. The zero-order valence-electron chi connectivity index (χ0n) is 7.11. The molecule has 0 radical (unpaired) electrons. The van der Waals surface area contributed by atoms with E-state index in [1.54, 1.807) is 0 Å². The zero-order valence-corrected chi connectivity index (χ0v) is 6.11. The molecule has 1 rings (SSSR count). The van der Waals surface area contributed by atoms with E-state index in [-0.39, 0.29) is 1.43 Å². The largest absolute Gasteiger partial charge is 1.00 e. The fourth-order valence-corrected chi connectivity index (χ4v) is 0.304. The van der Waals surface area contributed by atoms with Crippen LogP contribution in [0.3, 0.4) is 0 Å². The van der Waals surface area contributed by atoms with Crippen LogP contribution in [0.25, 0.3) is 0 Å². The maximum absolute atomic E-state index is 4.86.